The van der Waals surface area contributed by atoms with E-state index in [4.69, 9.17) is 0 Å². The number of aromatic hydroxyl groups is 1. The average Bonchev–Trinajstić information content (AvgIpc) is 2.03. The first-order valence-corrected chi connectivity index (χ1v) is 4.35. The van der Waals surface area contributed by atoms with Crippen molar-refractivity contribution in [1.29, 1.82) is 0 Å². The molecule has 0 aromatic heterocycles. The first-order chi connectivity index (χ1) is 6.06. The normalized spacial score (nSPS) is 10.5. The van der Waals surface area contributed by atoms with Gasteiger partial charge in [0.25, 0.3) is 0 Å². The summed E-state index contributed by atoms with van der Waals surface area (Å²) in [4.78, 5) is 10.6. The van der Waals surface area contributed by atoms with E-state index in [1.165, 1.54) is 0 Å². The van der Waals surface area contributed by atoms with Crippen LogP contribution < -0.4 is 0 Å². The number of carbonyl (C=O) groups is 1. The summed E-state index contributed by atoms with van der Waals surface area (Å²) in [7, 11) is 0. The molecule has 2 heteroatoms. The molecular formula is C11H14O2. The number of rotatable bonds is 2. The molecule has 0 saturated heterocycles. The number of carbonyl (C=O) groups excluding carboxylic acids is 1. The lowest BCUT2D eigenvalue weighted by molar-refractivity contribution is 0.112. The Morgan fingerprint density at radius 3 is 2.46 bits per heavy atom. The van der Waals surface area contributed by atoms with E-state index >= 15 is 0 Å². The van der Waals surface area contributed by atoms with Crippen LogP contribution in [0, 0.1) is 6.92 Å². The van der Waals surface area contributed by atoms with Crippen molar-refractivity contribution in [2.45, 2.75) is 26.7 Å². The van der Waals surface area contributed by atoms with Crippen LogP contribution in [0.25, 0.3) is 0 Å². The zero-order valence-electron chi connectivity index (χ0n) is 8.16. The third-order valence-electron chi connectivity index (χ3n) is 2.16. The molecule has 0 unspecified atom stereocenters. The molecule has 2 nitrogen and oxygen atoms in total. The Balaban J connectivity index is 3.30. The first-order valence-electron chi connectivity index (χ1n) is 4.35. The monoisotopic (exact) mass is 178 g/mol. The van der Waals surface area contributed by atoms with Gasteiger partial charge in [-0.1, -0.05) is 13.8 Å². The van der Waals surface area contributed by atoms with E-state index in [2.05, 4.69) is 13.8 Å². The molecule has 0 amide bonds. The van der Waals surface area contributed by atoms with E-state index in [-0.39, 0.29) is 5.75 Å². The van der Waals surface area contributed by atoms with Crippen molar-refractivity contribution in [2.24, 2.45) is 0 Å². The summed E-state index contributed by atoms with van der Waals surface area (Å²) in [6, 6.07) is 3.39. The maximum Gasteiger partial charge on any atom is 0.153 e. The Hall–Kier alpha value is -1.31. The molecule has 0 fully saturated rings. The zero-order chi connectivity index (χ0) is 10.0. The minimum atomic E-state index is 0.0666. The smallest absolute Gasteiger partial charge is 0.153 e. The fourth-order valence-corrected chi connectivity index (χ4v) is 1.44. The highest BCUT2D eigenvalue weighted by molar-refractivity contribution is 5.79. The number of aryl methyl sites for hydroxylation is 1. The quantitative estimate of drug-likeness (QED) is 0.707. The van der Waals surface area contributed by atoms with Crippen molar-refractivity contribution in [3.63, 3.8) is 0 Å². The molecule has 0 spiro atoms. The van der Waals surface area contributed by atoms with Crippen molar-refractivity contribution in [1.82, 2.24) is 0 Å². The topological polar surface area (TPSA) is 37.3 Å². The molecule has 0 aliphatic carbocycles. The van der Waals surface area contributed by atoms with Crippen LogP contribution in [0.5, 0.6) is 5.75 Å². The number of aldehydes is 1. The highest BCUT2D eigenvalue weighted by Gasteiger charge is 2.08. The molecule has 1 rings (SSSR count). The van der Waals surface area contributed by atoms with E-state index in [0.717, 1.165) is 11.1 Å². The van der Waals surface area contributed by atoms with Crippen LogP contribution >= 0.6 is 0 Å². The van der Waals surface area contributed by atoms with Crippen molar-refractivity contribution in [3.05, 3.63) is 28.8 Å². The third kappa shape index (κ3) is 1.89. The maximum atomic E-state index is 10.6. The first kappa shape index (κ1) is 9.78. The lowest BCUT2D eigenvalue weighted by Crippen LogP contribution is -1.94. The molecule has 0 atom stereocenters. The fourth-order valence-electron chi connectivity index (χ4n) is 1.44. The van der Waals surface area contributed by atoms with Gasteiger partial charge in [0.1, 0.15) is 5.75 Å². The second kappa shape index (κ2) is 3.60. The number of hydrogen-bond donors (Lipinski definition) is 1. The van der Waals surface area contributed by atoms with Crippen LogP contribution in [-0.2, 0) is 0 Å². The molecule has 0 saturated carbocycles. The standard InChI is InChI=1S/C11H14O2/c1-7(2)10-5-9(6-12)11(13)4-8(10)3/h4-7,13H,1-3H3. The number of hydrogen-bond acceptors (Lipinski definition) is 2. The zero-order valence-corrected chi connectivity index (χ0v) is 8.16. The Labute approximate surface area is 78.2 Å². The number of benzene rings is 1. The maximum absolute atomic E-state index is 10.6. The van der Waals surface area contributed by atoms with Gasteiger partial charge in [0.15, 0.2) is 6.29 Å². The van der Waals surface area contributed by atoms with Gasteiger partial charge in [0.2, 0.25) is 0 Å². The number of phenols is 1. The van der Waals surface area contributed by atoms with Crippen LogP contribution in [-0.4, -0.2) is 11.4 Å². The summed E-state index contributed by atoms with van der Waals surface area (Å²) in [6.45, 7) is 6.06. The fraction of sp³-hybridized carbons (Fsp3) is 0.364. The Morgan fingerprint density at radius 2 is 2.00 bits per heavy atom. The Morgan fingerprint density at radius 1 is 1.38 bits per heavy atom. The van der Waals surface area contributed by atoms with E-state index in [0.29, 0.717) is 17.8 Å². The summed E-state index contributed by atoms with van der Waals surface area (Å²) in [6.07, 6.45) is 0.681. The van der Waals surface area contributed by atoms with Gasteiger partial charge in [0, 0.05) is 0 Å². The van der Waals surface area contributed by atoms with Gasteiger partial charge in [0.05, 0.1) is 5.56 Å². The highest BCUT2D eigenvalue weighted by atomic mass is 16.3. The predicted molar refractivity (Wildman–Crippen MR) is 52.3 cm³/mol. The molecule has 13 heavy (non-hydrogen) atoms. The van der Waals surface area contributed by atoms with Gasteiger partial charge in [-0.2, -0.15) is 0 Å². The van der Waals surface area contributed by atoms with E-state index in [1.807, 2.05) is 6.92 Å². The van der Waals surface area contributed by atoms with Crippen LogP contribution in [0.3, 0.4) is 0 Å². The summed E-state index contributed by atoms with van der Waals surface area (Å²) >= 11 is 0. The largest absolute Gasteiger partial charge is 0.507 e. The molecule has 0 radical (unpaired) electrons. The van der Waals surface area contributed by atoms with Gasteiger partial charge >= 0.3 is 0 Å². The van der Waals surface area contributed by atoms with Gasteiger partial charge in [-0.15, -0.1) is 0 Å². The van der Waals surface area contributed by atoms with Crippen molar-refractivity contribution in [2.75, 3.05) is 0 Å². The lowest BCUT2D eigenvalue weighted by Gasteiger charge is -2.10. The summed E-state index contributed by atoms with van der Waals surface area (Å²) in [5.74, 6) is 0.441. The summed E-state index contributed by atoms with van der Waals surface area (Å²) < 4.78 is 0. The molecule has 1 aromatic carbocycles. The Bertz CT molecular complexity index is 327. The van der Waals surface area contributed by atoms with Crippen molar-refractivity contribution >= 4 is 6.29 Å². The van der Waals surface area contributed by atoms with E-state index in [9.17, 15) is 9.90 Å². The molecule has 0 aliphatic heterocycles. The molecule has 0 aliphatic rings. The summed E-state index contributed by atoms with van der Waals surface area (Å²) in [5.41, 5.74) is 2.51. The van der Waals surface area contributed by atoms with Crippen LogP contribution in [0.4, 0.5) is 0 Å². The SMILES string of the molecule is Cc1cc(O)c(C=O)cc1C(C)C. The van der Waals surface area contributed by atoms with Gasteiger partial charge in [-0.25, -0.2) is 0 Å². The number of phenolic OH excluding ortho intramolecular Hbond substituents is 1. The average molecular weight is 178 g/mol. The summed E-state index contributed by atoms with van der Waals surface area (Å²) in [5, 5.41) is 9.37. The van der Waals surface area contributed by atoms with Gasteiger partial charge in [-0.05, 0) is 36.1 Å². The molecular weight excluding hydrogens is 164 g/mol. The van der Waals surface area contributed by atoms with Crippen LogP contribution in [0.15, 0.2) is 12.1 Å². The van der Waals surface area contributed by atoms with Gasteiger partial charge < -0.3 is 5.11 Å². The second-order valence-corrected chi connectivity index (χ2v) is 3.54. The second-order valence-electron chi connectivity index (χ2n) is 3.54. The molecule has 70 valence electrons. The van der Waals surface area contributed by atoms with E-state index in [1.54, 1.807) is 12.1 Å². The third-order valence-corrected chi connectivity index (χ3v) is 2.16. The van der Waals surface area contributed by atoms with Gasteiger partial charge in [-0.3, -0.25) is 4.79 Å². The van der Waals surface area contributed by atoms with Crippen molar-refractivity contribution in [3.8, 4) is 5.75 Å². The molecule has 0 bridgehead atoms. The van der Waals surface area contributed by atoms with Crippen LogP contribution in [0.2, 0.25) is 0 Å². The van der Waals surface area contributed by atoms with Crippen LogP contribution in [0.1, 0.15) is 41.3 Å². The Kier molecular flexibility index (Phi) is 2.71. The minimum Gasteiger partial charge on any atom is -0.507 e. The van der Waals surface area contributed by atoms with Crippen molar-refractivity contribution < 1.29 is 9.90 Å². The predicted octanol–water partition coefficient (Wildman–Crippen LogP) is 2.64. The molecule has 0 heterocycles. The minimum absolute atomic E-state index is 0.0666. The molecule has 1 aromatic rings. The lowest BCUT2D eigenvalue weighted by atomic mass is 9.95. The van der Waals surface area contributed by atoms with E-state index < -0.39 is 0 Å². The highest BCUT2D eigenvalue weighted by Crippen LogP contribution is 2.25. The molecule has 1 N–H and O–H groups in total.